The summed E-state index contributed by atoms with van der Waals surface area (Å²) in [5, 5.41) is 2.54. The highest BCUT2D eigenvalue weighted by Gasteiger charge is 2.32. The second-order valence-electron chi connectivity index (χ2n) is 7.35. The first-order valence-corrected chi connectivity index (χ1v) is 9.76. The summed E-state index contributed by atoms with van der Waals surface area (Å²) in [5.74, 6) is 2.53. The number of benzene rings is 3. The molecule has 0 spiro atoms. The molecular formula is C25H18F3N3O. The van der Waals surface area contributed by atoms with Crippen LogP contribution < -0.4 is 5.32 Å². The average molecular weight is 433 g/mol. The number of hydrogen-bond acceptors (Lipinski definition) is 2. The number of carbonyl (C=O) groups excluding carboxylic acids is 1. The summed E-state index contributed by atoms with van der Waals surface area (Å²) in [4.78, 5) is 17.0. The first-order chi connectivity index (χ1) is 15.2. The minimum absolute atomic E-state index is 0.0750. The number of carbonyl (C=O) groups is 1. The molecule has 4 rings (SSSR count). The maximum absolute atomic E-state index is 13.2. The van der Waals surface area contributed by atoms with Crippen LogP contribution in [0.5, 0.6) is 0 Å². The molecule has 1 heterocycles. The van der Waals surface area contributed by atoms with Crippen LogP contribution in [0.2, 0.25) is 0 Å². The van der Waals surface area contributed by atoms with Crippen molar-refractivity contribution in [1.82, 2.24) is 9.55 Å². The molecule has 0 bridgehead atoms. The minimum Gasteiger partial charge on any atom is -0.322 e. The van der Waals surface area contributed by atoms with Gasteiger partial charge in [0, 0.05) is 22.9 Å². The highest BCUT2D eigenvalue weighted by Crippen LogP contribution is 2.33. The lowest BCUT2D eigenvalue weighted by molar-refractivity contribution is -0.138. The van der Waals surface area contributed by atoms with Crippen molar-refractivity contribution in [3.63, 3.8) is 0 Å². The van der Waals surface area contributed by atoms with E-state index in [1.807, 2.05) is 31.2 Å². The molecule has 0 saturated carbocycles. The molecule has 1 amide bonds. The summed E-state index contributed by atoms with van der Waals surface area (Å²) in [6.07, 6.45) is -2.87. The first-order valence-electron chi connectivity index (χ1n) is 9.76. The molecule has 1 aromatic heterocycles. The zero-order valence-corrected chi connectivity index (χ0v) is 17.3. The van der Waals surface area contributed by atoms with Gasteiger partial charge in [0.15, 0.2) is 0 Å². The molecule has 0 radical (unpaired) electrons. The Morgan fingerprint density at radius 2 is 1.75 bits per heavy atom. The molecular weight excluding hydrogens is 415 g/mol. The number of rotatable bonds is 2. The van der Waals surface area contributed by atoms with E-state index < -0.39 is 17.6 Å². The van der Waals surface area contributed by atoms with E-state index in [1.165, 1.54) is 19.1 Å². The smallest absolute Gasteiger partial charge is 0.322 e. The Kier molecular flexibility index (Phi) is 5.45. The largest absolute Gasteiger partial charge is 0.416 e. The molecule has 1 N–H and O–H groups in total. The topological polar surface area (TPSA) is 46.9 Å². The third kappa shape index (κ3) is 4.35. The minimum atomic E-state index is -4.49. The van der Waals surface area contributed by atoms with Gasteiger partial charge in [0.1, 0.15) is 6.33 Å². The fourth-order valence-corrected chi connectivity index (χ4v) is 3.28. The SMILES string of the molecule is Cc1ccc(C(=O)Nc2ccc(C)c(C(F)(F)F)c2)cc1C#Cn1cnc2ccccc21. The van der Waals surface area contributed by atoms with Crippen LogP contribution in [-0.4, -0.2) is 15.5 Å². The van der Waals surface area contributed by atoms with Crippen molar-refractivity contribution in [3.8, 4) is 12.0 Å². The second-order valence-corrected chi connectivity index (χ2v) is 7.35. The quantitative estimate of drug-likeness (QED) is 0.407. The molecule has 0 unspecified atom stereocenters. The van der Waals surface area contributed by atoms with E-state index in [0.29, 0.717) is 11.1 Å². The maximum atomic E-state index is 13.2. The van der Waals surface area contributed by atoms with Gasteiger partial charge >= 0.3 is 6.18 Å². The van der Waals surface area contributed by atoms with Crippen LogP contribution in [0.4, 0.5) is 18.9 Å². The van der Waals surface area contributed by atoms with Crippen LogP contribution in [0.25, 0.3) is 11.0 Å². The summed E-state index contributed by atoms with van der Waals surface area (Å²) >= 11 is 0. The molecule has 0 aliphatic rings. The lowest BCUT2D eigenvalue weighted by Crippen LogP contribution is -2.14. The number of aromatic nitrogens is 2. The van der Waals surface area contributed by atoms with Crippen LogP contribution in [0.3, 0.4) is 0 Å². The van der Waals surface area contributed by atoms with Crippen molar-refractivity contribution in [2.24, 2.45) is 0 Å². The molecule has 4 aromatic rings. The lowest BCUT2D eigenvalue weighted by atomic mass is 10.0. The van der Waals surface area contributed by atoms with Gasteiger partial charge < -0.3 is 5.32 Å². The van der Waals surface area contributed by atoms with E-state index in [2.05, 4.69) is 22.3 Å². The van der Waals surface area contributed by atoms with Gasteiger partial charge in [-0.25, -0.2) is 4.98 Å². The van der Waals surface area contributed by atoms with Crippen molar-refractivity contribution in [3.05, 3.63) is 94.8 Å². The van der Waals surface area contributed by atoms with Gasteiger partial charge in [0.05, 0.1) is 16.6 Å². The number of nitrogens with zero attached hydrogens (tertiary/aromatic N) is 2. The van der Waals surface area contributed by atoms with E-state index in [-0.39, 0.29) is 11.3 Å². The van der Waals surface area contributed by atoms with E-state index >= 15 is 0 Å². The number of aryl methyl sites for hydroxylation is 2. The Bertz CT molecular complexity index is 1390. The van der Waals surface area contributed by atoms with E-state index in [9.17, 15) is 18.0 Å². The van der Waals surface area contributed by atoms with Crippen LogP contribution in [0, 0.1) is 25.8 Å². The summed E-state index contributed by atoms with van der Waals surface area (Å²) in [7, 11) is 0. The highest BCUT2D eigenvalue weighted by atomic mass is 19.4. The number of imidazole rings is 1. The van der Waals surface area contributed by atoms with Crippen LogP contribution >= 0.6 is 0 Å². The predicted molar refractivity (Wildman–Crippen MR) is 117 cm³/mol. The molecule has 32 heavy (non-hydrogen) atoms. The van der Waals surface area contributed by atoms with Crippen molar-refractivity contribution in [2.45, 2.75) is 20.0 Å². The van der Waals surface area contributed by atoms with Gasteiger partial charge in [-0.05, 0) is 67.3 Å². The number of anilines is 1. The number of alkyl halides is 3. The van der Waals surface area contributed by atoms with Gasteiger partial charge in [-0.3, -0.25) is 9.36 Å². The van der Waals surface area contributed by atoms with Gasteiger partial charge in [0.2, 0.25) is 0 Å². The summed E-state index contributed by atoms with van der Waals surface area (Å²) < 4.78 is 41.2. The van der Waals surface area contributed by atoms with Crippen LogP contribution in [0.15, 0.2) is 67.0 Å². The van der Waals surface area contributed by atoms with Crippen molar-refractivity contribution in [2.75, 3.05) is 5.32 Å². The Morgan fingerprint density at radius 3 is 2.53 bits per heavy atom. The Morgan fingerprint density at radius 1 is 1.00 bits per heavy atom. The number of amides is 1. The molecule has 0 atom stereocenters. The highest BCUT2D eigenvalue weighted by molar-refractivity contribution is 6.04. The molecule has 4 nitrogen and oxygen atoms in total. The molecule has 0 aliphatic heterocycles. The van der Waals surface area contributed by atoms with Crippen molar-refractivity contribution in [1.29, 1.82) is 0 Å². The molecule has 0 aliphatic carbocycles. The van der Waals surface area contributed by atoms with Gasteiger partial charge in [-0.15, -0.1) is 0 Å². The van der Waals surface area contributed by atoms with Crippen molar-refractivity contribution < 1.29 is 18.0 Å². The average Bonchev–Trinajstić information content (AvgIpc) is 3.17. The molecule has 0 fully saturated rings. The first kappa shape index (κ1) is 21.2. The van der Waals surface area contributed by atoms with Gasteiger partial charge in [0.25, 0.3) is 5.91 Å². The third-order valence-electron chi connectivity index (χ3n) is 5.07. The number of hydrogen-bond donors (Lipinski definition) is 1. The Hall–Kier alpha value is -4.05. The summed E-state index contributed by atoms with van der Waals surface area (Å²) in [6.45, 7) is 3.25. The van der Waals surface area contributed by atoms with E-state index in [1.54, 1.807) is 29.1 Å². The maximum Gasteiger partial charge on any atom is 0.416 e. The summed E-state index contributed by atoms with van der Waals surface area (Å²) in [6, 6.07) is 19.3. The van der Waals surface area contributed by atoms with E-state index in [0.717, 1.165) is 22.7 Å². The normalized spacial score (nSPS) is 11.2. The van der Waals surface area contributed by atoms with Gasteiger partial charge in [-0.2, -0.15) is 13.2 Å². The zero-order chi connectivity index (χ0) is 22.9. The zero-order valence-electron chi connectivity index (χ0n) is 17.3. The fourth-order valence-electron chi connectivity index (χ4n) is 3.28. The molecule has 0 saturated heterocycles. The predicted octanol–water partition coefficient (Wildman–Crippen LogP) is 5.78. The Labute approximate surface area is 182 Å². The monoisotopic (exact) mass is 433 g/mol. The lowest BCUT2D eigenvalue weighted by Gasteiger charge is -2.13. The number of halogens is 3. The molecule has 7 heteroatoms. The van der Waals surface area contributed by atoms with E-state index in [4.69, 9.17) is 0 Å². The van der Waals surface area contributed by atoms with Crippen LogP contribution in [-0.2, 0) is 6.18 Å². The molecule has 3 aromatic carbocycles. The summed E-state index contributed by atoms with van der Waals surface area (Å²) in [5.41, 5.74) is 2.88. The fraction of sp³-hybridized carbons (Fsp3) is 0.120. The third-order valence-corrected chi connectivity index (χ3v) is 5.07. The second kappa shape index (κ2) is 8.23. The standard InChI is InChI=1S/C25H18F3N3O/c1-16-7-9-19(24(32)30-20-10-8-17(2)21(14-20)25(26,27)28)13-18(16)11-12-31-15-29-22-5-3-4-6-23(22)31/h3-10,13-15H,1-2H3,(H,30,32). The molecule has 160 valence electrons. The number of nitrogens with one attached hydrogen (secondary N) is 1. The Balaban J connectivity index is 1.60. The number of para-hydroxylation sites is 2. The van der Waals surface area contributed by atoms with Gasteiger partial charge in [-0.1, -0.05) is 24.3 Å². The van der Waals surface area contributed by atoms with Crippen LogP contribution in [0.1, 0.15) is 32.6 Å². The number of fused-ring (bicyclic) bond motifs is 1. The van der Waals surface area contributed by atoms with Crippen molar-refractivity contribution >= 4 is 22.6 Å².